The lowest BCUT2D eigenvalue weighted by Crippen LogP contribution is -2.03. The van der Waals surface area contributed by atoms with Crippen LogP contribution >= 0.6 is 11.3 Å². The van der Waals surface area contributed by atoms with Crippen LogP contribution in [-0.2, 0) is 6.42 Å². The third-order valence-corrected chi connectivity index (χ3v) is 3.67. The summed E-state index contributed by atoms with van der Waals surface area (Å²) in [6, 6.07) is 12.0. The average Bonchev–Trinajstić information content (AvgIpc) is 2.82. The third kappa shape index (κ3) is 3.04. The molecule has 1 aromatic carbocycles. The fourth-order valence-corrected chi connectivity index (χ4v) is 2.45. The summed E-state index contributed by atoms with van der Waals surface area (Å²) < 4.78 is 0. The zero-order valence-electron chi connectivity index (χ0n) is 10.1. The van der Waals surface area contributed by atoms with Crippen LogP contribution in [-0.4, -0.2) is 5.78 Å². The second-order valence-corrected chi connectivity index (χ2v) is 5.49. The first-order valence-corrected chi connectivity index (χ1v) is 6.70. The van der Waals surface area contributed by atoms with E-state index in [4.69, 9.17) is 0 Å². The summed E-state index contributed by atoms with van der Waals surface area (Å²) in [7, 11) is 0. The molecule has 0 unspecified atom stereocenters. The van der Waals surface area contributed by atoms with Crippen molar-refractivity contribution in [3.05, 3.63) is 57.8 Å². The van der Waals surface area contributed by atoms with E-state index in [-0.39, 0.29) is 5.78 Å². The SMILES string of the molecule is CC(C)c1cccc(C(=O)Cc2cccs2)c1. The van der Waals surface area contributed by atoms with Crippen molar-refractivity contribution in [3.8, 4) is 0 Å². The fraction of sp³-hybridized carbons (Fsp3) is 0.267. The maximum absolute atomic E-state index is 12.1. The number of rotatable bonds is 4. The smallest absolute Gasteiger partial charge is 0.168 e. The Morgan fingerprint density at radius 1 is 1.24 bits per heavy atom. The van der Waals surface area contributed by atoms with Gasteiger partial charge in [-0.15, -0.1) is 11.3 Å². The van der Waals surface area contributed by atoms with Gasteiger partial charge in [-0.25, -0.2) is 0 Å². The predicted octanol–water partition coefficient (Wildman–Crippen LogP) is 4.30. The van der Waals surface area contributed by atoms with Crippen molar-refractivity contribution < 1.29 is 4.79 Å². The number of hydrogen-bond donors (Lipinski definition) is 0. The van der Waals surface area contributed by atoms with Gasteiger partial charge in [0.2, 0.25) is 0 Å². The van der Waals surface area contributed by atoms with Crippen LogP contribution < -0.4 is 0 Å². The molecule has 0 spiro atoms. The molecule has 0 amide bonds. The monoisotopic (exact) mass is 244 g/mol. The van der Waals surface area contributed by atoms with Crippen LogP contribution in [0, 0.1) is 0 Å². The van der Waals surface area contributed by atoms with Crippen LogP contribution in [0.4, 0.5) is 0 Å². The lowest BCUT2D eigenvalue weighted by atomic mass is 9.98. The molecular formula is C15H16OS. The quantitative estimate of drug-likeness (QED) is 0.733. The largest absolute Gasteiger partial charge is 0.294 e. The van der Waals surface area contributed by atoms with Crippen LogP contribution in [0.15, 0.2) is 41.8 Å². The molecule has 0 saturated carbocycles. The highest BCUT2D eigenvalue weighted by Crippen LogP contribution is 2.18. The topological polar surface area (TPSA) is 17.1 Å². The van der Waals surface area contributed by atoms with Crippen LogP contribution in [0.2, 0.25) is 0 Å². The third-order valence-electron chi connectivity index (χ3n) is 2.79. The van der Waals surface area contributed by atoms with Crippen molar-refractivity contribution in [2.24, 2.45) is 0 Å². The molecule has 2 heteroatoms. The number of thiophene rings is 1. The van der Waals surface area contributed by atoms with Crippen molar-refractivity contribution in [2.45, 2.75) is 26.2 Å². The summed E-state index contributed by atoms with van der Waals surface area (Å²) in [5, 5.41) is 2.01. The molecule has 1 aromatic heterocycles. The Hall–Kier alpha value is -1.41. The zero-order chi connectivity index (χ0) is 12.3. The Labute approximate surface area is 106 Å². The molecule has 0 radical (unpaired) electrons. The Bertz CT molecular complexity index is 497. The molecular weight excluding hydrogens is 228 g/mol. The van der Waals surface area contributed by atoms with Gasteiger partial charge in [0.05, 0.1) is 0 Å². The van der Waals surface area contributed by atoms with Gasteiger partial charge in [0.1, 0.15) is 0 Å². The molecule has 2 aromatic rings. The Balaban J connectivity index is 2.16. The normalized spacial score (nSPS) is 10.8. The summed E-state index contributed by atoms with van der Waals surface area (Å²) in [5.74, 6) is 0.666. The average molecular weight is 244 g/mol. The van der Waals surface area contributed by atoms with E-state index >= 15 is 0 Å². The second-order valence-electron chi connectivity index (χ2n) is 4.46. The van der Waals surface area contributed by atoms with Crippen LogP contribution in [0.3, 0.4) is 0 Å². The second kappa shape index (κ2) is 5.28. The molecule has 0 atom stereocenters. The van der Waals surface area contributed by atoms with E-state index < -0.39 is 0 Å². The molecule has 0 aliphatic heterocycles. The summed E-state index contributed by atoms with van der Waals surface area (Å²) in [6.07, 6.45) is 0.513. The number of ketones is 1. The van der Waals surface area contributed by atoms with Crippen LogP contribution in [0.5, 0.6) is 0 Å². The number of benzene rings is 1. The molecule has 0 bridgehead atoms. The van der Waals surface area contributed by atoms with Crippen molar-refractivity contribution in [3.63, 3.8) is 0 Å². The molecule has 0 fully saturated rings. The van der Waals surface area contributed by atoms with Gasteiger partial charge in [0.25, 0.3) is 0 Å². The molecule has 88 valence electrons. The molecule has 1 nitrogen and oxygen atoms in total. The zero-order valence-corrected chi connectivity index (χ0v) is 11.0. The van der Waals surface area contributed by atoms with E-state index in [2.05, 4.69) is 19.9 Å². The van der Waals surface area contributed by atoms with Crippen LogP contribution in [0.25, 0.3) is 0 Å². The molecule has 2 rings (SSSR count). The number of Topliss-reactive ketones (excluding diaryl/α,β-unsaturated/α-hetero) is 1. The van der Waals surface area contributed by atoms with Crippen molar-refractivity contribution in [2.75, 3.05) is 0 Å². The van der Waals surface area contributed by atoms with Gasteiger partial charge in [-0.2, -0.15) is 0 Å². The Morgan fingerprint density at radius 3 is 2.71 bits per heavy atom. The van der Waals surface area contributed by atoms with E-state index in [9.17, 15) is 4.79 Å². The highest BCUT2D eigenvalue weighted by Gasteiger charge is 2.09. The van der Waals surface area contributed by atoms with E-state index in [1.165, 1.54) is 5.56 Å². The van der Waals surface area contributed by atoms with Crippen LogP contribution in [0.1, 0.15) is 40.6 Å². The fourth-order valence-electron chi connectivity index (χ4n) is 1.74. The molecule has 0 aliphatic carbocycles. The summed E-state index contributed by atoms with van der Waals surface area (Å²) in [6.45, 7) is 4.28. The van der Waals surface area contributed by atoms with Crippen molar-refractivity contribution in [1.82, 2.24) is 0 Å². The van der Waals surface area contributed by atoms with Crippen molar-refractivity contribution in [1.29, 1.82) is 0 Å². The Kier molecular flexibility index (Phi) is 3.75. The Morgan fingerprint density at radius 2 is 2.06 bits per heavy atom. The summed E-state index contributed by atoms with van der Waals surface area (Å²) in [4.78, 5) is 13.2. The first-order chi connectivity index (χ1) is 8.16. The lowest BCUT2D eigenvalue weighted by molar-refractivity contribution is 0.0993. The van der Waals surface area contributed by atoms with Gasteiger partial charge in [-0.3, -0.25) is 4.79 Å². The van der Waals surface area contributed by atoms with Gasteiger partial charge in [-0.1, -0.05) is 38.1 Å². The lowest BCUT2D eigenvalue weighted by Gasteiger charge is -2.07. The van der Waals surface area contributed by atoms with E-state index in [1.807, 2.05) is 35.7 Å². The van der Waals surface area contributed by atoms with E-state index in [0.29, 0.717) is 12.3 Å². The minimum absolute atomic E-state index is 0.204. The van der Waals surface area contributed by atoms with Gasteiger partial charge in [0, 0.05) is 16.9 Å². The molecule has 0 aliphatic rings. The first kappa shape index (κ1) is 12.1. The molecule has 0 N–H and O–H groups in total. The van der Waals surface area contributed by atoms with Gasteiger partial charge >= 0.3 is 0 Å². The maximum Gasteiger partial charge on any atom is 0.168 e. The summed E-state index contributed by atoms with van der Waals surface area (Å²) in [5.41, 5.74) is 2.05. The minimum Gasteiger partial charge on any atom is -0.294 e. The van der Waals surface area contributed by atoms with Gasteiger partial charge < -0.3 is 0 Å². The molecule has 17 heavy (non-hydrogen) atoms. The number of carbonyl (C=O) groups excluding carboxylic acids is 1. The predicted molar refractivity (Wildman–Crippen MR) is 72.9 cm³/mol. The minimum atomic E-state index is 0.204. The molecule has 1 heterocycles. The van der Waals surface area contributed by atoms with Gasteiger partial charge in [0.15, 0.2) is 5.78 Å². The highest BCUT2D eigenvalue weighted by atomic mass is 32.1. The van der Waals surface area contributed by atoms with Gasteiger partial charge in [-0.05, 0) is 29.0 Å². The first-order valence-electron chi connectivity index (χ1n) is 5.82. The van der Waals surface area contributed by atoms with Crippen molar-refractivity contribution >= 4 is 17.1 Å². The number of carbonyl (C=O) groups is 1. The summed E-state index contributed by atoms with van der Waals surface area (Å²) >= 11 is 1.64. The number of hydrogen-bond acceptors (Lipinski definition) is 2. The van der Waals surface area contributed by atoms with E-state index in [1.54, 1.807) is 11.3 Å². The molecule has 0 saturated heterocycles. The van der Waals surface area contributed by atoms with E-state index in [0.717, 1.165) is 10.4 Å². The maximum atomic E-state index is 12.1. The standard InChI is InChI=1S/C15H16OS/c1-11(2)12-5-3-6-13(9-12)15(16)10-14-7-4-8-17-14/h3-9,11H,10H2,1-2H3. The highest BCUT2D eigenvalue weighted by molar-refractivity contribution is 7.10.